The highest BCUT2D eigenvalue weighted by Gasteiger charge is 1.88. The van der Waals surface area contributed by atoms with Gasteiger partial charge >= 0.3 is 0 Å². The zero-order valence-corrected chi connectivity index (χ0v) is 5.02. The van der Waals surface area contributed by atoms with Crippen LogP contribution in [0.3, 0.4) is 0 Å². The van der Waals surface area contributed by atoms with Crippen LogP contribution in [0.1, 0.15) is 0 Å². The predicted octanol–water partition coefficient (Wildman–Crippen LogP) is 0.527. The quantitative estimate of drug-likeness (QED) is 0.378. The summed E-state index contributed by atoms with van der Waals surface area (Å²) >= 11 is 0. The predicted molar refractivity (Wildman–Crippen MR) is 28.3 cm³/mol. The van der Waals surface area contributed by atoms with Gasteiger partial charge in [0.15, 0.2) is 0 Å². The average Bonchev–Trinajstić information content (AvgIpc) is 0.722. The van der Waals surface area contributed by atoms with Crippen LogP contribution >= 0.6 is 0 Å². The molecule has 0 N–H and O–H groups in total. The van der Waals surface area contributed by atoms with E-state index in [0.717, 1.165) is 4.48 Å². The van der Waals surface area contributed by atoms with E-state index in [4.69, 9.17) is 0 Å². The van der Waals surface area contributed by atoms with Crippen molar-refractivity contribution in [3.05, 3.63) is 7.43 Å². The van der Waals surface area contributed by atoms with Crippen LogP contribution in [0.4, 0.5) is 0 Å². The van der Waals surface area contributed by atoms with Crippen LogP contribution < -0.4 is 0 Å². The average molecular weight is 87.2 g/mol. The molecule has 0 fully saturated rings. The minimum Gasteiger partial charge on any atom is -0.333 e. The van der Waals surface area contributed by atoms with Crippen LogP contribution in [-0.4, -0.2) is 32.7 Å². The molecule has 0 spiro atoms. The molecule has 0 atom stereocenters. The monoisotopic (exact) mass is 87.1 g/mol. The summed E-state index contributed by atoms with van der Waals surface area (Å²) in [5, 5.41) is 0. The minimum atomic E-state index is 0. The zero-order valence-electron chi connectivity index (χ0n) is 5.02. The van der Waals surface area contributed by atoms with Gasteiger partial charge in [-0.05, 0) is 7.43 Å². The summed E-state index contributed by atoms with van der Waals surface area (Å²) in [5.74, 6) is 0. The second kappa shape index (κ2) is 2.19. The first-order valence-corrected chi connectivity index (χ1v) is 1.79. The van der Waals surface area contributed by atoms with E-state index in [1.807, 2.05) is 0 Å². The molecule has 0 amide bonds. The summed E-state index contributed by atoms with van der Waals surface area (Å²) in [7, 11) is 8.50. The van der Waals surface area contributed by atoms with Crippen LogP contribution in [0.5, 0.6) is 0 Å². The Balaban J connectivity index is 0. The van der Waals surface area contributed by atoms with Crippen molar-refractivity contribution in [2.24, 2.45) is 0 Å². The molecular formula is C5H13N+. The number of hydrogen-bond donors (Lipinski definition) is 0. The third kappa shape index (κ3) is 21700. The Morgan fingerprint density at radius 1 is 0.833 bits per heavy atom. The molecule has 0 aliphatic heterocycles. The Morgan fingerprint density at radius 3 is 0.833 bits per heavy atom. The SMILES string of the molecule is C[N+](C)(C)C.[CH]. The lowest BCUT2D eigenvalue weighted by atomic mass is 10.8. The van der Waals surface area contributed by atoms with Gasteiger partial charge in [-0.2, -0.15) is 0 Å². The minimum absolute atomic E-state index is 0. The molecule has 0 aliphatic carbocycles. The maximum absolute atomic E-state index is 2.12. The van der Waals surface area contributed by atoms with E-state index in [2.05, 4.69) is 28.2 Å². The third-order valence-corrected chi connectivity index (χ3v) is 0. The van der Waals surface area contributed by atoms with Gasteiger partial charge in [0.05, 0.1) is 28.2 Å². The van der Waals surface area contributed by atoms with E-state index in [-0.39, 0.29) is 7.43 Å². The molecular weight excluding hydrogens is 74.1 g/mol. The maximum Gasteiger partial charge on any atom is 0.0675 e. The van der Waals surface area contributed by atoms with Crippen LogP contribution in [-0.2, 0) is 0 Å². The lowest BCUT2D eigenvalue weighted by Crippen LogP contribution is -2.27. The maximum atomic E-state index is 2.12. The first-order valence-electron chi connectivity index (χ1n) is 1.79. The Morgan fingerprint density at radius 2 is 0.833 bits per heavy atom. The van der Waals surface area contributed by atoms with Gasteiger partial charge in [-0.15, -0.1) is 0 Å². The van der Waals surface area contributed by atoms with Crippen LogP contribution in [0.2, 0.25) is 0 Å². The summed E-state index contributed by atoms with van der Waals surface area (Å²) in [5.41, 5.74) is 0. The van der Waals surface area contributed by atoms with Crippen molar-refractivity contribution in [2.45, 2.75) is 0 Å². The van der Waals surface area contributed by atoms with Gasteiger partial charge in [-0.1, -0.05) is 0 Å². The Kier molecular flexibility index (Phi) is 3.41. The highest BCUT2D eigenvalue weighted by molar-refractivity contribution is 3.87. The van der Waals surface area contributed by atoms with Crippen LogP contribution in [0.25, 0.3) is 0 Å². The van der Waals surface area contributed by atoms with Gasteiger partial charge < -0.3 is 4.48 Å². The summed E-state index contributed by atoms with van der Waals surface area (Å²) in [4.78, 5) is 0. The molecule has 0 saturated carbocycles. The molecule has 0 aromatic heterocycles. The van der Waals surface area contributed by atoms with Gasteiger partial charge in [-0.25, -0.2) is 0 Å². The van der Waals surface area contributed by atoms with Crippen LogP contribution in [0, 0.1) is 7.43 Å². The van der Waals surface area contributed by atoms with Crippen molar-refractivity contribution in [1.29, 1.82) is 0 Å². The molecule has 0 heterocycles. The molecule has 1 heteroatoms. The highest BCUT2D eigenvalue weighted by atomic mass is 15.2. The summed E-state index contributed by atoms with van der Waals surface area (Å²) in [6.45, 7) is 0. The number of hydrogen-bond acceptors (Lipinski definition) is 0. The van der Waals surface area contributed by atoms with Gasteiger partial charge in [0, 0.05) is 0 Å². The van der Waals surface area contributed by atoms with E-state index in [1.165, 1.54) is 0 Å². The van der Waals surface area contributed by atoms with Crippen molar-refractivity contribution in [3.63, 3.8) is 0 Å². The molecule has 6 heavy (non-hydrogen) atoms. The van der Waals surface area contributed by atoms with Gasteiger partial charge in [0.25, 0.3) is 0 Å². The van der Waals surface area contributed by atoms with E-state index in [0.29, 0.717) is 0 Å². The Hall–Kier alpha value is -0.0400. The first kappa shape index (κ1) is 9.35. The molecule has 0 aliphatic rings. The molecule has 0 saturated heterocycles. The zero-order chi connectivity index (χ0) is 4.50. The van der Waals surface area contributed by atoms with Crippen molar-refractivity contribution in [3.8, 4) is 0 Å². The van der Waals surface area contributed by atoms with E-state index < -0.39 is 0 Å². The number of rotatable bonds is 0. The Labute approximate surface area is 41.2 Å². The van der Waals surface area contributed by atoms with Crippen molar-refractivity contribution in [2.75, 3.05) is 28.2 Å². The fraction of sp³-hybridized carbons (Fsp3) is 0.800. The standard InChI is InChI=1S/C4H12N.CH/c1-5(2,3)4;/h1-4H3;1H/q+1;. The fourth-order valence-corrected chi connectivity index (χ4v) is 0. The Bertz CT molecular complexity index is 19.4. The molecule has 37 valence electrons. The molecule has 0 unspecified atom stereocenters. The molecule has 1 nitrogen and oxygen atoms in total. The van der Waals surface area contributed by atoms with Crippen LogP contribution in [0.15, 0.2) is 0 Å². The van der Waals surface area contributed by atoms with Gasteiger partial charge in [0.1, 0.15) is 0 Å². The summed E-state index contributed by atoms with van der Waals surface area (Å²) < 4.78 is 1.00. The second-order valence-electron chi connectivity index (χ2n) is 2.68. The van der Waals surface area contributed by atoms with Crippen molar-refractivity contribution < 1.29 is 4.48 Å². The second-order valence-corrected chi connectivity index (χ2v) is 2.68. The molecule has 0 aromatic rings. The molecule has 3 radical (unpaired) electrons. The van der Waals surface area contributed by atoms with E-state index in [9.17, 15) is 0 Å². The number of quaternary nitrogens is 1. The molecule has 0 bridgehead atoms. The number of nitrogens with zero attached hydrogens (tertiary/aromatic N) is 1. The third-order valence-electron chi connectivity index (χ3n) is 0. The summed E-state index contributed by atoms with van der Waals surface area (Å²) in [6.07, 6.45) is 0. The van der Waals surface area contributed by atoms with Gasteiger partial charge in [-0.3, -0.25) is 0 Å². The van der Waals surface area contributed by atoms with Crippen molar-refractivity contribution >= 4 is 0 Å². The lowest BCUT2D eigenvalue weighted by molar-refractivity contribution is -0.849. The fourth-order valence-electron chi connectivity index (χ4n) is 0. The smallest absolute Gasteiger partial charge is 0.0675 e. The van der Waals surface area contributed by atoms with E-state index >= 15 is 0 Å². The largest absolute Gasteiger partial charge is 0.333 e. The molecule has 0 rings (SSSR count). The topological polar surface area (TPSA) is 0 Å². The normalized spacial score (nSPS) is 10.0. The van der Waals surface area contributed by atoms with Gasteiger partial charge in [0.2, 0.25) is 0 Å². The van der Waals surface area contributed by atoms with Crippen molar-refractivity contribution in [1.82, 2.24) is 0 Å². The molecule has 0 aromatic carbocycles. The lowest BCUT2D eigenvalue weighted by Gasteiger charge is -2.14. The highest BCUT2D eigenvalue weighted by Crippen LogP contribution is 1.73. The first-order chi connectivity index (χ1) is 2.00. The summed E-state index contributed by atoms with van der Waals surface area (Å²) in [6, 6.07) is 0. The van der Waals surface area contributed by atoms with E-state index in [1.54, 1.807) is 0 Å².